The van der Waals surface area contributed by atoms with Crippen molar-refractivity contribution in [1.82, 2.24) is 9.78 Å². The van der Waals surface area contributed by atoms with E-state index in [9.17, 15) is 5.11 Å². The Balaban J connectivity index is 2.01. The lowest BCUT2D eigenvalue weighted by Gasteiger charge is -2.18. The fourth-order valence-electron chi connectivity index (χ4n) is 2.34. The molecule has 0 fully saturated rings. The molecule has 0 saturated carbocycles. The van der Waals surface area contributed by atoms with E-state index in [4.69, 9.17) is 0 Å². The lowest BCUT2D eigenvalue weighted by molar-refractivity contribution is 0.117. The van der Waals surface area contributed by atoms with E-state index >= 15 is 0 Å². The van der Waals surface area contributed by atoms with Crippen molar-refractivity contribution >= 4 is 0 Å². The lowest BCUT2D eigenvalue weighted by Crippen LogP contribution is -2.13. The molecular formula is C17H24N2O. The van der Waals surface area contributed by atoms with E-state index in [1.54, 1.807) is 0 Å². The normalized spacial score (nSPS) is 15.8. The molecule has 2 aromatic rings. The maximum absolute atomic E-state index is 10.4. The average Bonchev–Trinajstić information content (AvgIpc) is 2.95. The van der Waals surface area contributed by atoms with Crippen molar-refractivity contribution in [2.24, 2.45) is 5.92 Å². The molecule has 1 aromatic carbocycles. The zero-order valence-corrected chi connectivity index (χ0v) is 12.5. The molecule has 3 unspecified atom stereocenters. The highest BCUT2D eigenvalue weighted by molar-refractivity contribution is 5.18. The SMILES string of the molecule is CCC(C)n1ccc(CC(C)C(O)c2ccccc2)n1. The van der Waals surface area contributed by atoms with Gasteiger partial charge in [0.1, 0.15) is 0 Å². The predicted molar refractivity (Wildman–Crippen MR) is 81.5 cm³/mol. The molecule has 0 saturated heterocycles. The summed E-state index contributed by atoms with van der Waals surface area (Å²) in [6.45, 7) is 6.40. The third-order valence-electron chi connectivity index (χ3n) is 3.92. The molecule has 1 heterocycles. The van der Waals surface area contributed by atoms with E-state index in [-0.39, 0.29) is 5.92 Å². The molecule has 0 bridgehead atoms. The van der Waals surface area contributed by atoms with Crippen LogP contribution in [0.15, 0.2) is 42.6 Å². The Morgan fingerprint density at radius 2 is 1.85 bits per heavy atom. The number of benzene rings is 1. The molecule has 0 radical (unpaired) electrons. The molecule has 20 heavy (non-hydrogen) atoms. The van der Waals surface area contributed by atoms with Crippen molar-refractivity contribution in [2.45, 2.75) is 45.8 Å². The van der Waals surface area contributed by atoms with Crippen molar-refractivity contribution in [2.75, 3.05) is 0 Å². The average molecular weight is 272 g/mol. The molecule has 0 aliphatic rings. The van der Waals surface area contributed by atoms with Gasteiger partial charge in [0.25, 0.3) is 0 Å². The first-order valence-electron chi connectivity index (χ1n) is 7.38. The molecule has 0 aliphatic heterocycles. The van der Waals surface area contributed by atoms with Crippen LogP contribution in [0.5, 0.6) is 0 Å². The Hall–Kier alpha value is -1.61. The third-order valence-corrected chi connectivity index (χ3v) is 3.92. The van der Waals surface area contributed by atoms with E-state index in [1.807, 2.05) is 41.2 Å². The monoisotopic (exact) mass is 272 g/mol. The number of hydrogen-bond donors (Lipinski definition) is 1. The van der Waals surface area contributed by atoms with Crippen molar-refractivity contribution in [3.8, 4) is 0 Å². The Labute approximate surface area is 121 Å². The topological polar surface area (TPSA) is 38.0 Å². The van der Waals surface area contributed by atoms with Crippen LogP contribution in [-0.4, -0.2) is 14.9 Å². The lowest BCUT2D eigenvalue weighted by atomic mass is 9.93. The van der Waals surface area contributed by atoms with Crippen LogP contribution in [0, 0.1) is 5.92 Å². The zero-order valence-electron chi connectivity index (χ0n) is 12.5. The van der Waals surface area contributed by atoms with Gasteiger partial charge in [-0.25, -0.2) is 0 Å². The summed E-state index contributed by atoms with van der Waals surface area (Å²) in [4.78, 5) is 0. The highest BCUT2D eigenvalue weighted by atomic mass is 16.3. The summed E-state index contributed by atoms with van der Waals surface area (Å²) in [5, 5.41) is 15.0. The van der Waals surface area contributed by atoms with Crippen molar-refractivity contribution in [3.05, 3.63) is 53.9 Å². The number of aromatic nitrogens is 2. The molecule has 1 N–H and O–H groups in total. The molecule has 2 rings (SSSR count). The Bertz CT molecular complexity index is 521. The van der Waals surface area contributed by atoms with Gasteiger partial charge in [0.15, 0.2) is 0 Å². The van der Waals surface area contributed by atoms with Gasteiger partial charge < -0.3 is 5.11 Å². The molecule has 3 heteroatoms. The van der Waals surface area contributed by atoms with E-state index < -0.39 is 6.10 Å². The third kappa shape index (κ3) is 3.48. The van der Waals surface area contributed by atoms with Crippen LogP contribution in [-0.2, 0) is 6.42 Å². The van der Waals surface area contributed by atoms with Crippen LogP contribution >= 0.6 is 0 Å². The van der Waals surface area contributed by atoms with Gasteiger partial charge in [0, 0.05) is 12.2 Å². The maximum Gasteiger partial charge on any atom is 0.0819 e. The molecular weight excluding hydrogens is 248 g/mol. The summed E-state index contributed by atoms with van der Waals surface area (Å²) in [6, 6.07) is 12.3. The first-order chi connectivity index (χ1) is 9.61. The number of aliphatic hydroxyl groups excluding tert-OH is 1. The zero-order chi connectivity index (χ0) is 14.5. The predicted octanol–water partition coefficient (Wildman–Crippen LogP) is 3.77. The van der Waals surface area contributed by atoms with Gasteiger partial charge in [-0.2, -0.15) is 5.10 Å². The van der Waals surface area contributed by atoms with E-state index in [0.717, 1.165) is 24.1 Å². The summed E-state index contributed by atoms with van der Waals surface area (Å²) in [5.74, 6) is 0.151. The largest absolute Gasteiger partial charge is 0.388 e. The molecule has 3 atom stereocenters. The second kappa shape index (κ2) is 6.71. The number of aliphatic hydroxyl groups is 1. The summed E-state index contributed by atoms with van der Waals surface area (Å²) < 4.78 is 2.01. The van der Waals surface area contributed by atoms with Crippen LogP contribution < -0.4 is 0 Å². The minimum atomic E-state index is -0.440. The molecule has 0 aliphatic carbocycles. The smallest absolute Gasteiger partial charge is 0.0819 e. The number of hydrogen-bond acceptors (Lipinski definition) is 2. The number of rotatable bonds is 6. The highest BCUT2D eigenvalue weighted by Gasteiger charge is 2.18. The summed E-state index contributed by atoms with van der Waals surface area (Å²) in [6.07, 6.45) is 3.46. The first kappa shape index (κ1) is 14.8. The van der Waals surface area contributed by atoms with Gasteiger partial charge >= 0.3 is 0 Å². The fourth-order valence-corrected chi connectivity index (χ4v) is 2.34. The van der Waals surface area contributed by atoms with Gasteiger partial charge in [-0.3, -0.25) is 4.68 Å². The summed E-state index contributed by atoms with van der Waals surface area (Å²) in [5.41, 5.74) is 2.02. The van der Waals surface area contributed by atoms with Gasteiger partial charge in [-0.1, -0.05) is 44.2 Å². The van der Waals surface area contributed by atoms with Crippen LogP contribution in [0.25, 0.3) is 0 Å². The second-order valence-corrected chi connectivity index (χ2v) is 5.58. The van der Waals surface area contributed by atoms with Crippen LogP contribution in [0.4, 0.5) is 0 Å². The first-order valence-corrected chi connectivity index (χ1v) is 7.38. The second-order valence-electron chi connectivity index (χ2n) is 5.58. The molecule has 3 nitrogen and oxygen atoms in total. The van der Waals surface area contributed by atoms with Crippen molar-refractivity contribution < 1.29 is 5.11 Å². The summed E-state index contributed by atoms with van der Waals surface area (Å²) >= 11 is 0. The Kier molecular flexibility index (Phi) is 4.96. The van der Waals surface area contributed by atoms with E-state index in [1.165, 1.54) is 0 Å². The van der Waals surface area contributed by atoms with Crippen LogP contribution in [0.1, 0.15) is 50.6 Å². The van der Waals surface area contributed by atoms with Crippen LogP contribution in [0.2, 0.25) is 0 Å². The van der Waals surface area contributed by atoms with E-state index in [0.29, 0.717) is 6.04 Å². The van der Waals surface area contributed by atoms with E-state index in [2.05, 4.69) is 31.9 Å². The summed E-state index contributed by atoms with van der Waals surface area (Å²) in [7, 11) is 0. The molecule has 0 amide bonds. The van der Waals surface area contributed by atoms with Crippen LogP contribution in [0.3, 0.4) is 0 Å². The van der Waals surface area contributed by atoms with Gasteiger partial charge in [-0.15, -0.1) is 0 Å². The Morgan fingerprint density at radius 3 is 2.50 bits per heavy atom. The quantitative estimate of drug-likeness (QED) is 0.869. The molecule has 1 aromatic heterocycles. The van der Waals surface area contributed by atoms with Gasteiger partial charge in [-0.05, 0) is 37.3 Å². The van der Waals surface area contributed by atoms with Gasteiger partial charge in [0.2, 0.25) is 0 Å². The standard InChI is InChI=1S/C17H24N2O/c1-4-14(3)19-11-10-16(18-19)12-13(2)17(20)15-8-6-5-7-9-15/h5-11,13-14,17,20H,4,12H2,1-3H3. The fraction of sp³-hybridized carbons (Fsp3) is 0.471. The highest BCUT2D eigenvalue weighted by Crippen LogP contribution is 2.24. The molecule has 0 spiro atoms. The van der Waals surface area contributed by atoms with Crippen molar-refractivity contribution in [1.29, 1.82) is 0 Å². The Morgan fingerprint density at radius 1 is 1.15 bits per heavy atom. The minimum absolute atomic E-state index is 0.151. The minimum Gasteiger partial charge on any atom is -0.388 e. The van der Waals surface area contributed by atoms with Gasteiger partial charge in [0.05, 0.1) is 11.8 Å². The number of nitrogens with zero attached hydrogens (tertiary/aromatic N) is 2. The van der Waals surface area contributed by atoms with Crippen molar-refractivity contribution in [3.63, 3.8) is 0 Å². The maximum atomic E-state index is 10.4. The molecule has 108 valence electrons.